The number of hydrogen-bond donors (Lipinski definition) is 2. The lowest BCUT2D eigenvalue weighted by Gasteiger charge is -2.12. The van der Waals surface area contributed by atoms with Crippen molar-refractivity contribution < 1.29 is 9.15 Å². The molecule has 25 heavy (non-hydrogen) atoms. The van der Waals surface area contributed by atoms with Crippen molar-refractivity contribution in [3.63, 3.8) is 0 Å². The Labute approximate surface area is 150 Å². The maximum atomic E-state index is 5.68. The lowest BCUT2D eigenvalue weighted by Crippen LogP contribution is -2.38. The van der Waals surface area contributed by atoms with Gasteiger partial charge in [0.05, 0.1) is 19.4 Å². The van der Waals surface area contributed by atoms with Gasteiger partial charge in [0.25, 0.3) is 0 Å². The first kappa shape index (κ1) is 19.1. The molecule has 0 bridgehead atoms. The second-order valence-electron chi connectivity index (χ2n) is 5.77. The summed E-state index contributed by atoms with van der Waals surface area (Å²) in [7, 11) is 0. The van der Waals surface area contributed by atoms with Crippen LogP contribution in [0.5, 0.6) is 0 Å². The number of rotatable bonds is 10. The van der Waals surface area contributed by atoms with E-state index in [0.717, 1.165) is 44.3 Å². The van der Waals surface area contributed by atoms with Crippen LogP contribution in [0.15, 0.2) is 52.1 Å². The topological polar surface area (TPSA) is 58.8 Å². The van der Waals surface area contributed by atoms with E-state index < -0.39 is 0 Å². The number of nitrogens with zero attached hydrogens (tertiary/aromatic N) is 1. The molecular formula is C20H29N3O2. The van der Waals surface area contributed by atoms with Crippen LogP contribution in [0.1, 0.15) is 37.2 Å². The number of nitrogens with one attached hydrogen (secondary N) is 2. The highest BCUT2D eigenvalue weighted by molar-refractivity contribution is 5.79. The Morgan fingerprint density at radius 2 is 1.92 bits per heavy atom. The first-order chi connectivity index (χ1) is 12.3. The molecule has 0 radical (unpaired) electrons. The van der Waals surface area contributed by atoms with Crippen LogP contribution in [0.25, 0.3) is 0 Å². The van der Waals surface area contributed by atoms with Crippen LogP contribution in [-0.2, 0) is 24.3 Å². The monoisotopic (exact) mass is 343 g/mol. The molecule has 0 aliphatic rings. The maximum absolute atomic E-state index is 5.68. The van der Waals surface area contributed by atoms with E-state index in [0.29, 0.717) is 13.2 Å². The van der Waals surface area contributed by atoms with E-state index in [1.807, 2.05) is 24.3 Å². The lowest BCUT2D eigenvalue weighted by atomic mass is 10.1. The zero-order valence-electron chi connectivity index (χ0n) is 15.3. The summed E-state index contributed by atoms with van der Waals surface area (Å²) in [5, 5.41) is 6.63. The summed E-state index contributed by atoms with van der Waals surface area (Å²) in [5.74, 6) is 1.79. The lowest BCUT2D eigenvalue weighted by molar-refractivity contribution is 0.121. The van der Waals surface area contributed by atoms with Crippen LogP contribution in [0.3, 0.4) is 0 Å². The standard InChI is InChI=1S/C20H29N3O2/c1-3-13-24-16-18-9-6-5-8-17(18)15-23-20(21-4-2)22-12-11-19-10-7-14-25-19/h5-10,14H,3-4,11-13,15-16H2,1-2H3,(H2,21,22,23). The Hall–Kier alpha value is -2.27. The minimum atomic E-state index is 0.627. The van der Waals surface area contributed by atoms with Crippen molar-refractivity contribution in [2.75, 3.05) is 19.7 Å². The van der Waals surface area contributed by atoms with Gasteiger partial charge in [0.1, 0.15) is 5.76 Å². The van der Waals surface area contributed by atoms with Crippen molar-refractivity contribution >= 4 is 5.96 Å². The van der Waals surface area contributed by atoms with Crippen molar-refractivity contribution in [3.05, 3.63) is 59.5 Å². The highest BCUT2D eigenvalue weighted by atomic mass is 16.5. The van der Waals surface area contributed by atoms with Gasteiger partial charge < -0.3 is 19.8 Å². The Bertz CT molecular complexity index is 624. The number of furan rings is 1. The Morgan fingerprint density at radius 3 is 2.64 bits per heavy atom. The normalized spacial score (nSPS) is 11.5. The molecule has 2 rings (SSSR count). The smallest absolute Gasteiger partial charge is 0.191 e. The summed E-state index contributed by atoms with van der Waals surface area (Å²) in [6, 6.07) is 12.2. The predicted octanol–water partition coefficient (Wildman–Crippen LogP) is 3.50. The molecule has 0 saturated heterocycles. The van der Waals surface area contributed by atoms with Crippen molar-refractivity contribution in [3.8, 4) is 0 Å². The van der Waals surface area contributed by atoms with E-state index in [4.69, 9.17) is 14.1 Å². The Kier molecular flexibility index (Phi) is 8.63. The van der Waals surface area contributed by atoms with E-state index in [2.05, 4.69) is 36.6 Å². The van der Waals surface area contributed by atoms with Gasteiger partial charge in [0.2, 0.25) is 0 Å². The van der Waals surface area contributed by atoms with Crippen molar-refractivity contribution in [2.24, 2.45) is 4.99 Å². The van der Waals surface area contributed by atoms with Crippen molar-refractivity contribution in [2.45, 2.75) is 39.8 Å². The average molecular weight is 343 g/mol. The van der Waals surface area contributed by atoms with Gasteiger partial charge in [-0.3, -0.25) is 0 Å². The van der Waals surface area contributed by atoms with Gasteiger partial charge in [-0.15, -0.1) is 0 Å². The molecule has 2 aromatic rings. The van der Waals surface area contributed by atoms with Gasteiger partial charge in [-0.05, 0) is 36.6 Å². The molecule has 5 heteroatoms. The molecule has 1 heterocycles. The summed E-state index contributed by atoms with van der Waals surface area (Å²) in [4.78, 5) is 4.70. The van der Waals surface area contributed by atoms with Crippen LogP contribution in [0, 0.1) is 0 Å². The van der Waals surface area contributed by atoms with Gasteiger partial charge >= 0.3 is 0 Å². The van der Waals surface area contributed by atoms with E-state index >= 15 is 0 Å². The highest BCUT2D eigenvalue weighted by Gasteiger charge is 2.03. The SMILES string of the molecule is CCCOCc1ccccc1CN=C(NCC)NCCc1ccco1. The van der Waals surface area contributed by atoms with Crippen LogP contribution in [0.2, 0.25) is 0 Å². The third-order valence-electron chi connectivity index (χ3n) is 3.72. The fourth-order valence-electron chi connectivity index (χ4n) is 2.44. The molecule has 0 saturated carbocycles. The van der Waals surface area contributed by atoms with Crippen LogP contribution >= 0.6 is 0 Å². The van der Waals surface area contributed by atoms with Gasteiger partial charge in [0.15, 0.2) is 5.96 Å². The van der Waals surface area contributed by atoms with Crippen LogP contribution in [-0.4, -0.2) is 25.7 Å². The highest BCUT2D eigenvalue weighted by Crippen LogP contribution is 2.11. The van der Waals surface area contributed by atoms with E-state index in [-0.39, 0.29) is 0 Å². The van der Waals surface area contributed by atoms with E-state index in [9.17, 15) is 0 Å². The minimum Gasteiger partial charge on any atom is -0.469 e. The quantitative estimate of drug-likeness (QED) is 0.394. The molecule has 0 fully saturated rings. The molecule has 2 N–H and O–H groups in total. The zero-order chi connectivity index (χ0) is 17.7. The van der Waals surface area contributed by atoms with E-state index in [1.54, 1.807) is 6.26 Å². The summed E-state index contributed by atoms with van der Waals surface area (Å²) in [5.41, 5.74) is 2.40. The third kappa shape index (κ3) is 7.01. The number of aliphatic imine (C=N–C) groups is 1. The Morgan fingerprint density at radius 1 is 1.08 bits per heavy atom. The molecule has 0 atom stereocenters. The molecule has 5 nitrogen and oxygen atoms in total. The zero-order valence-corrected chi connectivity index (χ0v) is 15.3. The molecule has 0 aliphatic carbocycles. The fourth-order valence-corrected chi connectivity index (χ4v) is 2.44. The molecule has 1 aromatic carbocycles. The second-order valence-corrected chi connectivity index (χ2v) is 5.77. The third-order valence-corrected chi connectivity index (χ3v) is 3.72. The number of benzene rings is 1. The molecule has 136 valence electrons. The minimum absolute atomic E-state index is 0.627. The number of guanidine groups is 1. The van der Waals surface area contributed by atoms with Crippen LogP contribution < -0.4 is 10.6 Å². The molecular weight excluding hydrogens is 314 g/mol. The number of ether oxygens (including phenoxy) is 1. The molecule has 0 unspecified atom stereocenters. The van der Waals surface area contributed by atoms with Crippen molar-refractivity contribution in [1.82, 2.24) is 10.6 Å². The summed E-state index contributed by atoms with van der Waals surface area (Å²) in [6.45, 7) is 7.84. The predicted molar refractivity (Wildman–Crippen MR) is 102 cm³/mol. The summed E-state index contributed by atoms with van der Waals surface area (Å²) in [6.07, 6.45) is 3.56. The molecule has 0 spiro atoms. The Balaban J connectivity index is 1.91. The fraction of sp³-hybridized carbons (Fsp3) is 0.450. The van der Waals surface area contributed by atoms with Crippen LogP contribution in [0.4, 0.5) is 0 Å². The van der Waals surface area contributed by atoms with Gasteiger partial charge in [-0.25, -0.2) is 4.99 Å². The van der Waals surface area contributed by atoms with Gasteiger partial charge in [-0.2, -0.15) is 0 Å². The van der Waals surface area contributed by atoms with Gasteiger partial charge in [-0.1, -0.05) is 31.2 Å². The first-order valence-electron chi connectivity index (χ1n) is 9.02. The summed E-state index contributed by atoms with van der Waals surface area (Å²) >= 11 is 0. The molecule has 0 amide bonds. The maximum Gasteiger partial charge on any atom is 0.191 e. The summed E-state index contributed by atoms with van der Waals surface area (Å²) < 4.78 is 11.0. The largest absolute Gasteiger partial charge is 0.469 e. The molecule has 0 aliphatic heterocycles. The second kappa shape index (κ2) is 11.3. The average Bonchev–Trinajstić information content (AvgIpc) is 3.14. The molecule has 1 aromatic heterocycles. The van der Waals surface area contributed by atoms with Crippen molar-refractivity contribution in [1.29, 1.82) is 0 Å². The van der Waals surface area contributed by atoms with Gasteiger partial charge in [0, 0.05) is 26.1 Å². The van der Waals surface area contributed by atoms with E-state index in [1.165, 1.54) is 11.1 Å². The number of hydrogen-bond acceptors (Lipinski definition) is 3. The first-order valence-corrected chi connectivity index (χ1v) is 9.02.